The molecule has 0 fully saturated rings. The molecule has 0 aromatic carbocycles. The van der Waals surface area contributed by atoms with E-state index in [2.05, 4.69) is 25.3 Å². The van der Waals surface area contributed by atoms with Crippen LogP contribution in [0.2, 0.25) is 5.02 Å². The number of nitrogens with one attached hydrogen (secondary N) is 1. The number of hydrogen-bond acceptors (Lipinski definition) is 9. The Balaban J connectivity index is 1.61. The molecular weight excluding hydrogens is 557 g/mol. The van der Waals surface area contributed by atoms with Crippen molar-refractivity contribution in [3.05, 3.63) is 62.7 Å². The molecule has 3 rings (SSSR count). The zero-order valence-corrected chi connectivity index (χ0v) is 23.0. The molecular formula is C25H26ClF3N6O3S. The Morgan fingerprint density at radius 2 is 1.72 bits per heavy atom. The summed E-state index contributed by atoms with van der Waals surface area (Å²) in [6.45, 7) is 2.61. The number of alkyl halides is 3. The largest absolute Gasteiger partial charge is 0.418 e. The van der Waals surface area contributed by atoms with Gasteiger partial charge in [0.15, 0.2) is 11.6 Å². The fourth-order valence-corrected chi connectivity index (χ4v) is 4.57. The van der Waals surface area contributed by atoms with Gasteiger partial charge in [-0.2, -0.15) is 13.2 Å². The first-order chi connectivity index (χ1) is 18.3. The van der Waals surface area contributed by atoms with Crippen molar-refractivity contribution in [2.45, 2.75) is 44.7 Å². The third-order valence-corrected chi connectivity index (χ3v) is 7.09. The molecule has 0 aliphatic carbocycles. The molecule has 0 aliphatic rings. The Morgan fingerprint density at radius 3 is 2.38 bits per heavy atom. The average Bonchev–Trinajstić information content (AvgIpc) is 3.38. The number of pyridine rings is 1. The van der Waals surface area contributed by atoms with Crippen LogP contribution in [0.1, 0.15) is 79.7 Å². The molecule has 9 nitrogen and oxygen atoms in total. The second-order valence-electron chi connectivity index (χ2n) is 9.06. The fraction of sp³-hybridized carbons (Fsp3) is 0.400. The second kappa shape index (κ2) is 13.2. The summed E-state index contributed by atoms with van der Waals surface area (Å²) in [5, 5.41) is 2.19. The number of unbranched alkanes of at least 4 members (excludes halogenated alkanes) is 1. The summed E-state index contributed by atoms with van der Waals surface area (Å²) in [5.74, 6) is -1.90. The molecule has 1 atom stereocenters. The molecule has 0 radical (unpaired) electrons. The van der Waals surface area contributed by atoms with Crippen molar-refractivity contribution in [2.75, 3.05) is 26.0 Å². The molecule has 1 N–H and O–H groups in total. The van der Waals surface area contributed by atoms with Crippen LogP contribution in [0.15, 0.2) is 30.9 Å². The minimum atomic E-state index is -4.71. The Morgan fingerprint density at radius 1 is 1.03 bits per heavy atom. The van der Waals surface area contributed by atoms with Crippen molar-refractivity contribution in [3.63, 3.8) is 0 Å². The van der Waals surface area contributed by atoms with Gasteiger partial charge in [0.05, 0.1) is 21.8 Å². The van der Waals surface area contributed by atoms with Gasteiger partial charge >= 0.3 is 6.18 Å². The van der Waals surface area contributed by atoms with E-state index in [1.165, 1.54) is 18.6 Å². The van der Waals surface area contributed by atoms with E-state index >= 15 is 0 Å². The zero-order chi connectivity index (χ0) is 28.7. The van der Waals surface area contributed by atoms with Crippen LogP contribution in [0.25, 0.3) is 0 Å². The number of carbonyl (C=O) groups is 3. The van der Waals surface area contributed by atoms with E-state index in [1.54, 1.807) is 6.92 Å². The van der Waals surface area contributed by atoms with E-state index in [0.29, 0.717) is 23.9 Å². The van der Waals surface area contributed by atoms with Crippen LogP contribution in [0.5, 0.6) is 0 Å². The second-order valence-corrected chi connectivity index (χ2v) is 10.5. The molecule has 3 aromatic heterocycles. The number of thiazole rings is 1. The fourth-order valence-electron chi connectivity index (χ4n) is 3.50. The van der Waals surface area contributed by atoms with E-state index in [-0.39, 0.29) is 40.1 Å². The van der Waals surface area contributed by atoms with Gasteiger partial charge in [0.25, 0.3) is 5.91 Å². The standard InChI is InChI=1S/C25H26ClF3N6O3S/c1-14(8-20(37)18-10-17(32-13-33-18)19(36)6-4-5-7-35(2)3)24-31-12-21(39-24)23(38)34-22-9-15(25(27,28)29)16(26)11-30-22/h9-14H,4-8H2,1-3H3,(H,30,34,38). The highest BCUT2D eigenvalue weighted by Crippen LogP contribution is 2.35. The molecule has 39 heavy (non-hydrogen) atoms. The van der Waals surface area contributed by atoms with Gasteiger partial charge in [-0.15, -0.1) is 11.3 Å². The first-order valence-corrected chi connectivity index (χ1v) is 13.1. The number of amides is 1. The number of nitrogens with zero attached hydrogens (tertiary/aromatic N) is 5. The maximum absolute atomic E-state index is 13.1. The van der Waals surface area contributed by atoms with E-state index in [0.717, 1.165) is 30.5 Å². The lowest BCUT2D eigenvalue weighted by Crippen LogP contribution is -2.14. The number of Topliss-reactive ketones (excluding diaryl/α,β-unsaturated/α-hetero) is 2. The van der Waals surface area contributed by atoms with Gasteiger partial charge in [0.2, 0.25) is 0 Å². The van der Waals surface area contributed by atoms with E-state index < -0.39 is 28.6 Å². The number of rotatable bonds is 12. The van der Waals surface area contributed by atoms with Crippen LogP contribution < -0.4 is 5.32 Å². The Kier molecular flexibility index (Phi) is 10.2. The van der Waals surface area contributed by atoms with Gasteiger partial charge in [0, 0.05) is 25.0 Å². The van der Waals surface area contributed by atoms with Gasteiger partial charge in [-0.25, -0.2) is 19.9 Å². The lowest BCUT2D eigenvalue weighted by atomic mass is 10.0. The maximum atomic E-state index is 13.1. The van der Waals surface area contributed by atoms with E-state index in [9.17, 15) is 27.6 Å². The van der Waals surface area contributed by atoms with Crippen LogP contribution in [0.3, 0.4) is 0 Å². The molecule has 1 amide bonds. The molecule has 208 valence electrons. The number of ketones is 2. The highest BCUT2D eigenvalue weighted by molar-refractivity contribution is 7.13. The van der Waals surface area contributed by atoms with Gasteiger partial charge in [0.1, 0.15) is 28.4 Å². The summed E-state index contributed by atoms with van der Waals surface area (Å²) in [6, 6.07) is 2.03. The summed E-state index contributed by atoms with van der Waals surface area (Å²) < 4.78 is 39.2. The van der Waals surface area contributed by atoms with Crippen molar-refractivity contribution >= 4 is 46.2 Å². The van der Waals surface area contributed by atoms with Crippen LogP contribution >= 0.6 is 22.9 Å². The molecule has 0 spiro atoms. The van der Waals surface area contributed by atoms with Crippen molar-refractivity contribution in [1.29, 1.82) is 0 Å². The average molecular weight is 583 g/mol. The monoisotopic (exact) mass is 582 g/mol. The van der Waals surface area contributed by atoms with Crippen molar-refractivity contribution in [3.8, 4) is 0 Å². The molecule has 1 unspecified atom stereocenters. The maximum Gasteiger partial charge on any atom is 0.418 e. The summed E-state index contributed by atoms with van der Waals surface area (Å²) >= 11 is 6.56. The lowest BCUT2D eigenvalue weighted by molar-refractivity contribution is -0.137. The van der Waals surface area contributed by atoms with Crippen molar-refractivity contribution in [2.24, 2.45) is 0 Å². The summed E-state index contributed by atoms with van der Waals surface area (Å²) in [4.78, 5) is 55.9. The van der Waals surface area contributed by atoms with Gasteiger partial charge in [-0.1, -0.05) is 18.5 Å². The number of hydrogen-bond donors (Lipinski definition) is 1. The van der Waals surface area contributed by atoms with Gasteiger partial charge < -0.3 is 10.2 Å². The summed E-state index contributed by atoms with van der Waals surface area (Å²) in [5.41, 5.74) is -0.827. The quantitative estimate of drug-likeness (QED) is 0.218. The highest BCUT2D eigenvalue weighted by atomic mass is 35.5. The highest BCUT2D eigenvalue weighted by Gasteiger charge is 2.34. The van der Waals surface area contributed by atoms with Gasteiger partial charge in [-0.05, 0) is 45.6 Å². The normalized spacial score (nSPS) is 12.4. The van der Waals surface area contributed by atoms with Crippen molar-refractivity contribution < 1.29 is 27.6 Å². The zero-order valence-electron chi connectivity index (χ0n) is 21.4. The van der Waals surface area contributed by atoms with Crippen LogP contribution in [-0.4, -0.2) is 62.9 Å². The summed E-state index contributed by atoms with van der Waals surface area (Å²) in [7, 11) is 3.92. The van der Waals surface area contributed by atoms with Crippen LogP contribution in [-0.2, 0) is 6.18 Å². The van der Waals surface area contributed by atoms with Gasteiger partial charge in [-0.3, -0.25) is 14.4 Å². The Labute approximate surface area is 231 Å². The smallest absolute Gasteiger partial charge is 0.309 e. The first-order valence-electron chi connectivity index (χ1n) is 11.9. The number of aromatic nitrogens is 4. The Bertz CT molecular complexity index is 1350. The molecule has 3 aromatic rings. The van der Waals surface area contributed by atoms with Crippen molar-refractivity contribution in [1.82, 2.24) is 24.8 Å². The SMILES string of the molecule is CC(CC(=O)c1cc(C(=O)CCCCN(C)C)ncn1)c1ncc(C(=O)Nc2cc(C(F)(F)F)c(Cl)cn2)s1. The topological polar surface area (TPSA) is 118 Å². The Hall–Kier alpha value is -3.29. The molecule has 3 heterocycles. The summed E-state index contributed by atoms with van der Waals surface area (Å²) in [6.07, 6.45) is 0.467. The third-order valence-electron chi connectivity index (χ3n) is 5.56. The van der Waals surface area contributed by atoms with Crippen LogP contribution in [0.4, 0.5) is 19.0 Å². The number of carbonyl (C=O) groups excluding carboxylic acids is 3. The predicted octanol–water partition coefficient (Wildman–Crippen LogP) is 5.54. The molecule has 14 heteroatoms. The van der Waals surface area contributed by atoms with E-state index in [4.69, 9.17) is 11.6 Å². The lowest BCUT2D eigenvalue weighted by Gasteiger charge is -2.10. The minimum absolute atomic E-state index is 0.00966. The first kappa shape index (κ1) is 30.3. The molecule has 0 aliphatic heterocycles. The number of halogens is 4. The molecule has 0 saturated heterocycles. The molecule has 0 saturated carbocycles. The third kappa shape index (κ3) is 8.60. The predicted molar refractivity (Wildman–Crippen MR) is 140 cm³/mol. The molecule has 0 bridgehead atoms. The van der Waals surface area contributed by atoms with Crippen LogP contribution in [0, 0.1) is 0 Å². The minimum Gasteiger partial charge on any atom is -0.309 e. The van der Waals surface area contributed by atoms with E-state index in [1.807, 2.05) is 19.0 Å². The number of anilines is 1.